The van der Waals surface area contributed by atoms with Crippen molar-refractivity contribution in [2.75, 3.05) is 6.54 Å². The number of nitrogens with zero attached hydrogens (tertiary/aromatic N) is 1. The molecule has 0 N–H and O–H groups in total. The van der Waals surface area contributed by atoms with Gasteiger partial charge in [0.1, 0.15) is 0 Å². The van der Waals surface area contributed by atoms with E-state index in [1.807, 2.05) is 0 Å². The van der Waals surface area contributed by atoms with Crippen molar-refractivity contribution < 1.29 is 0 Å². The van der Waals surface area contributed by atoms with Crippen LogP contribution < -0.4 is 0 Å². The van der Waals surface area contributed by atoms with Gasteiger partial charge in [-0.05, 0) is 43.0 Å². The monoisotopic (exact) mass is 187 g/mol. The third-order valence-corrected chi connectivity index (χ3v) is 3.78. The van der Waals surface area contributed by atoms with Crippen molar-refractivity contribution in [1.82, 2.24) is 4.90 Å². The van der Waals surface area contributed by atoms with Crippen LogP contribution in [0, 0.1) is 6.92 Å². The highest BCUT2D eigenvalue weighted by molar-refractivity contribution is 5.40. The molecule has 0 bridgehead atoms. The molecule has 0 amide bonds. The van der Waals surface area contributed by atoms with Crippen LogP contribution in [0.3, 0.4) is 0 Å². The van der Waals surface area contributed by atoms with Gasteiger partial charge in [0.2, 0.25) is 0 Å². The Bertz CT molecular complexity index is 356. The molecule has 1 nitrogen and oxygen atoms in total. The predicted molar refractivity (Wildman–Crippen MR) is 58.2 cm³/mol. The van der Waals surface area contributed by atoms with E-state index in [9.17, 15) is 0 Å². The minimum atomic E-state index is 0.749. The van der Waals surface area contributed by atoms with Crippen LogP contribution in [0.4, 0.5) is 0 Å². The summed E-state index contributed by atoms with van der Waals surface area (Å²) < 4.78 is 0. The van der Waals surface area contributed by atoms with E-state index in [-0.39, 0.29) is 0 Å². The highest BCUT2D eigenvalue weighted by atomic mass is 15.2. The van der Waals surface area contributed by atoms with Gasteiger partial charge >= 0.3 is 0 Å². The largest absolute Gasteiger partial charge is 0.292 e. The zero-order chi connectivity index (χ0) is 9.54. The van der Waals surface area contributed by atoms with Crippen LogP contribution in [0.2, 0.25) is 0 Å². The van der Waals surface area contributed by atoms with Gasteiger partial charge in [0.15, 0.2) is 0 Å². The highest BCUT2D eigenvalue weighted by Crippen LogP contribution is 2.40. The summed E-state index contributed by atoms with van der Waals surface area (Å²) in [7, 11) is 0. The molecule has 2 heterocycles. The number of aryl methyl sites for hydroxylation is 1. The lowest BCUT2D eigenvalue weighted by Gasteiger charge is -2.29. The molecule has 74 valence electrons. The van der Waals surface area contributed by atoms with Crippen LogP contribution in [0.15, 0.2) is 18.2 Å². The Hall–Kier alpha value is -0.820. The van der Waals surface area contributed by atoms with E-state index in [0.29, 0.717) is 0 Å². The molecule has 14 heavy (non-hydrogen) atoms. The lowest BCUT2D eigenvalue weighted by molar-refractivity contribution is 0.164. The van der Waals surface area contributed by atoms with Gasteiger partial charge in [-0.2, -0.15) is 0 Å². The second-order valence-corrected chi connectivity index (χ2v) is 4.62. The van der Waals surface area contributed by atoms with E-state index < -0.39 is 0 Å². The van der Waals surface area contributed by atoms with E-state index in [1.54, 1.807) is 11.1 Å². The van der Waals surface area contributed by atoms with Gasteiger partial charge < -0.3 is 0 Å². The first kappa shape index (κ1) is 8.49. The molecule has 1 heteroatoms. The summed E-state index contributed by atoms with van der Waals surface area (Å²) in [6, 6.07) is 7.54. The maximum absolute atomic E-state index is 2.65. The smallest absolute Gasteiger partial charge is 0.0354 e. The Morgan fingerprint density at radius 3 is 3.14 bits per heavy atom. The average Bonchev–Trinajstić information content (AvgIpc) is 2.59. The van der Waals surface area contributed by atoms with Gasteiger partial charge in [-0.1, -0.05) is 24.6 Å². The van der Waals surface area contributed by atoms with Gasteiger partial charge in [-0.25, -0.2) is 0 Å². The SMILES string of the molecule is Cc1cccc2c1CN1CCCCC21. The number of fused-ring (bicyclic) bond motifs is 3. The third kappa shape index (κ3) is 1.12. The lowest BCUT2D eigenvalue weighted by atomic mass is 9.96. The molecule has 1 atom stereocenters. The first-order valence-electron chi connectivity index (χ1n) is 5.69. The van der Waals surface area contributed by atoms with Gasteiger partial charge in [-0.15, -0.1) is 0 Å². The van der Waals surface area contributed by atoms with Crippen molar-refractivity contribution in [1.29, 1.82) is 0 Å². The zero-order valence-corrected chi connectivity index (χ0v) is 8.79. The van der Waals surface area contributed by atoms with E-state index in [0.717, 1.165) is 6.04 Å². The highest BCUT2D eigenvalue weighted by Gasteiger charge is 2.32. The first-order valence-corrected chi connectivity index (χ1v) is 5.69. The van der Waals surface area contributed by atoms with Crippen LogP contribution in [0.1, 0.15) is 42.0 Å². The number of piperidine rings is 1. The maximum atomic E-state index is 2.65. The topological polar surface area (TPSA) is 3.24 Å². The summed E-state index contributed by atoms with van der Waals surface area (Å²) in [5, 5.41) is 0. The third-order valence-electron chi connectivity index (χ3n) is 3.78. The van der Waals surface area contributed by atoms with Crippen molar-refractivity contribution in [3.63, 3.8) is 0 Å². The number of hydrogen-bond donors (Lipinski definition) is 0. The fourth-order valence-electron chi connectivity index (χ4n) is 2.99. The van der Waals surface area contributed by atoms with Crippen LogP contribution in [-0.2, 0) is 6.54 Å². The van der Waals surface area contributed by atoms with Crippen molar-refractivity contribution in [3.8, 4) is 0 Å². The molecule has 3 rings (SSSR count). The summed E-state index contributed by atoms with van der Waals surface area (Å²) in [6.07, 6.45) is 4.18. The van der Waals surface area contributed by atoms with Crippen molar-refractivity contribution in [2.24, 2.45) is 0 Å². The van der Waals surface area contributed by atoms with Gasteiger partial charge in [0, 0.05) is 12.6 Å². The molecular formula is C13H17N. The molecule has 1 aromatic carbocycles. The Kier molecular flexibility index (Phi) is 1.88. The summed E-state index contributed by atoms with van der Waals surface area (Å²) in [5.41, 5.74) is 4.71. The van der Waals surface area contributed by atoms with Gasteiger partial charge in [-0.3, -0.25) is 4.90 Å². The molecular weight excluding hydrogens is 170 g/mol. The normalized spacial score (nSPS) is 25.9. The molecule has 1 aromatic rings. The summed E-state index contributed by atoms with van der Waals surface area (Å²) in [6.45, 7) is 4.75. The molecule has 0 spiro atoms. The van der Waals surface area contributed by atoms with Gasteiger partial charge in [0.05, 0.1) is 0 Å². The first-order chi connectivity index (χ1) is 6.86. The average molecular weight is 187 g/mol. The second kappa shape index (κ2) is 3.09. The van der Waals surface area contributed by atoms with Crippen molar-refractivity contribution in [3.05, 3.63) is 34.9 Å². The van der Waals surface area contributed by atoms with E-state index in [2.05, 4.69) is 30.0 Å². The number of rotatable bonds is 0. The number of hydrogen-bond acceptors (Lipinski definition) is 1. The predicted octanol–water partition coefficient (Wildman–Crippen LogP) is 3.04. The zero-order valence-electron chi connectivity index (χ0n) is 8.79. The Balaban J connectivity index is 2.05. The molecule has 0 saturated carbocycles. The van der Waals surface area contributed by atoms with Crippen LogP contribution in [0.5, 0.6) is 0 Å². The quantitative estimate of drug-likeness (QED) is 0.603. The van der Waals surface area contributed by atoms with E-state index >= 15 is 0 Å². The van der Waals surface area contributed by atoms with Crippen molar-refractivity contribution >= 4 is 0 Å². The fraction of sp³-hybridized carbons (Fsp3) is 0.538. The summed E-state index contributed by atoms with van der Waals surface area (Å²) in [4.78, 5) is 2.65. The Labute approximate surface area is 85.7 Å². The minimum absolute atomic E-state index is 0.749. The van der Waals surface area contributed by atoms with Crippen LogP contribution in [-0.4, -0.2) is 11.4 Å². The molecule has 0 aromatic heterocycles. The molecule has 2 aliphatic rings. The maximum Gasteiger partial charge on any atom is 0.0354 e. The van der Waals surface area contributed by atoms with Gasteiger partial charge in [0.25, 0.3) is 0 Å². The van der Waals surface area contributed by atoms with Crippen molar-refractivity contribution in [2.45, 2.75) is 38.8 Å². The Morgan fingerprint density at radius 2 is 2.21 bits per heavy atom. The minimum Gasteiger partial charge on any atom is -0.292 e. The summed E-state index contributed by atoms with van der Waals surface area (Å²) in [5.74, 6) is 0. The molecule has 0 aliphatic carbocycles. The van der Waals surface area contributed by atoms with E-state index in [1.165, 1.54) is 37.9 Å². The summed E-state index contributed by atoms with van der Waals surface area (Å²) >= 11 is 0. The fourth-order valence-corrected chi connectivity index (χ4v) is 2.99. The number of benzene rings is 1. The van der Waals surface area contributed by atoms with E-state index in [4.69, 9.17) is 0 Å². The standard InChI is InChI=1S/C13H17N/c1-10-5-4-6-11-12(10)9-14-8-3-2-7-13(11)14/h4-6,13H,2-3,7-9H2,1H3. The lowest BCUT2D eigenvalue weighted by Crippen LogP contribution is -2.27. The molecule has 1 unspecified atom stereocenters. The Morgan fingerprint density at radius 1 is 1.29 bits per heavy atom. The molecule has 2 aliphatic heterocycles. The van der Waals surface area contributed by atoms with Crippen LogP contribution >= 0.6 is 0 Å². The molecule has 1 fully saturated rings. The second-order valence-electron chi connectivity index (χ2n) is 4.62. The van der Waals surface area contributed by atoms with Crippen LogP contribution in [0.25, 0.3) is 0 Å². The molecule has 0 radical (unpaired) electrons. The molecule has 1 saturated heterocycles.